The average molecular weight is 263 g/mol. The van der Waals surface area contributed by atoms with Crippen LogP contribution in [0, 0.1) is 0 Å². The summed E-state index contributed by atoms with van der Waals surface area (Å²) < 4.78 is 16.0. The van der Waals surface area contributed by atoms with Crippen LogP contribution in [-0.2, 0) is 0 Å². The average Bonchev–Trinajstić information content (AvgIpc) is 2.95. The first-order chi connectivity index (χ1) is 9.19. The van der Waals surface area contributed by atoms with Crippen LogP contribution in [0.5, 0.6) is 11.5 Å². The molecule has 2 aromatic rings. The Kier molecular flexibility index (Phi) is 4.01. The van der Waals surface area contributed by atoms with Gasteiger partial charge in [0, 0.05) is 5.56 Å². The normalized spacial score (nSPS) is 12.2. The minimum atomic E-state index is -0.235. The molecule has 0 amide bonds. The fourth-order valence-corrected chi connectivity index (χ4v) is 1.64. The molecule has 0 aliphatic heterocycles. The Labute approximate surface area is 111 Å². The molecule has 1 atom stereocenters. The maximum absolute atomic E-state index is 5.85. The molecule has 0 radical (unpaired) electrons. The van der Waals surface area contributed by atoms with Crippen molar-refractivity contribution in [3.63, 3.8) is 0 Å². The summed E-state index contributed by atoms with van der Waals surface area (Å²) in [7, 11) is 3.16. The SMILES string of the molecule is CCC(N)c1nnc(-c2ccc(OC)c(OC)c2)o1. The highest BCUT2D eigenvalue weighted by Crippen LogP contribution is 2.32. The van der Waals surface area contributed by atoms with Gasteiger partial charge in [-0.2, -0.15) is 0 Å². The molecule has 2 rings (SSSR count). The Morgan fingerprint density at radius 1 is 1.21 bits per heavy atom. The number of aromatic nitrogens is 2. The van der Waals surface area contributed by atoms with Crippen LogP contribution in [0.1, 0.15) is 25.3 Å². The zero-order chi connectivity index (χ0) is 13.8. The van der Waals surface area contributed by atoms with E-state index in [4.69, 9.17) is 19.6 Å². The lowest BCUT2D eigenvalue weighted by molar-refractivity contribution is 0.355. The van der Waals surface area contributed by atoms with Gasteiger partial charge in [-0.3, -0.25) is 0 Å². The molecule has 0 bridgehead atoms. The van der Waals surface area contributed by atoms with Crippen molar-refractivity contribution in [3.05, 3.63) is 24.1 Å². The molecule has 1 aromatic carbocycles. The topological polar surface area (TPSA) is 83.4 Å². The summed E-state index contributed by atoms with van der Waals surface area (Å²) in [5.74, 6) is 2.11. The molecule has 6 nitrogen and oxygen atoms in total. The molecule has 2 N–H and O–H groups in total. The van der Waals surface area contributed by atoms with E-state index < -0.39 is 0 Å². The lowest BCUT2D eigenvalue weighted by Gasteiger charge is -2.07. The summed E-state index contributed by atoms with van der Waals surface area (Å²) >= 11 is 0. The van der Waals surface area contributed by atoms with Gasteiger partial charge in [0.05, 0.1) is 20.3 Å². The fourth-order valence-electron chi connectivity index (χ4n) is 1.64. The highest BCUT2D eigenvalue weighted by molar-refractivity contribution is 5.59. The van der Waals surface area contributed by atoms with Gasteiger partial charge in [-0.25, -0.2) is 0 Å². The maximum atomic E-state index is 5.85. The van der Waals surface area contributed by atoms with E-state index in [9.17, 15) is 0 Å². The van der Waals surface area contributed by atoms with Crippen LogP contribution in [-0.4, -0.2) is 24.4 Å². The van der Waals surface area contributed by atoms with Crippen molar-refractivity contribution in [2.75, 3.05) is 14.2 Å². The third-order valence-corrected chi connectivity index (χ3v) is 2.83. The van der Waals surface area contributed by atoms with Gasteiger partial charge >= 0.3 is 0 Å². The predicted molar refractivity (Wildman–Crippen MR) is 70.1 cm³/mol. The maximum Gasteiger partial charge on any atom is 0.247 e. The Balaban J connectivity index is 2.34. The summed E-state index contributed by atoms with van der Waals surface area (Å²) in [6.45, 7) is 1.96. The second-order valence-electron chi connectivity index (χ2n) is 4.03. The molecule has 0 saturated heterocycles. The summed E-state index contributed by atoms with van der Waals surface area (Å²) in [6.07, 6.45) is 0.744. The molecule has 0 aliphatic rings. The van der Waals surface area contributed by atoms with Crippen molar-refractivity contribution < 1.29 is 13.9 Å². The highest BCUT2D eigenvalue weighted by atomic mass is 16.5. The smallest absolute Gasteiger partial charge is 0.247 e. The summed E-state index contributed by atoms with van der Waals surface area (Å²) in [4.78, 5) is 0. The quantitative estimate of drug-likeness (QED) is 0.890. The van der Waals surface area contributed by atoms with Crippen molar-refractivity contribution in [2.45, 2.75) is 19.4 Å². The van der Waals surface area contributed by atoms with Crippen LogP contribution < -0.4 is 15.2 Å². The predicted octanol–water partition coefficient (Wildman–Crippen LogP) is 2.16. The van der Waals surface area contributed by atoms with Gasteiger partial charge in [-0.05, 0) is 24.6 Å². The van der Waals surface area contributed by atoms with Crippen LogP contribution >= 0.6 is 0 Å². The van der Waals surface area contributed by atoms with Gasteiger partial charge in [0.25, 0.3) is 0 Å². The zero-order valence-corrected chi connectivity index (χ0v) is 11.2. The third-order valence-electron chi connectivity index (χ3n) is 2.83. The molecule has 0 fully saturated rings. The van der Waals surface area contributed by atoms with Gasteiger partial charge in [0.15, 0.2) is 11.5 Å². The molecule has 1 unspecified atom stereocenters. The van der Waals surface area contributed by atoms with E-state index in [0.717, 1.165) is 12.0 Å². The van der Waals surface area contributed by atoms with Gasteiger partial charge in [-0.15, -0.1) is 10.2 Å². The van der Waals surface area contributed by atoms with Crippen molar-refractivity contribution in [1.29, 1.82) is 0 Å². The molecule has 0 aliphatic carbocycles. The molecule has 1 aromatic heterocycles. The van der Waals surface area contributed by atoms with E-state index in [1.807, 2.05) is 13.0 Å². The largest absolute Gasteiger partial charge is 0.493 e. The van der Waals surface area contributed by atoms with Crippen LogP contribution in [0.3, 0.4) is 0 Å². The van der Waals surface area contributed by atoms with Crippen LogP contribution in [0.25, 0.3) is 11.5 Å². The highest BCUT2D eigenvalue weighted by Gasteiger charge is 2.15. The molecule has 0 saturated carbocycles. The fraction of sp³-hybridized carbons (Fsp3) is 0.385. The Bertz CT molecular complexity index is 554. The summed E-state index contributed by atoms with van der Waals surface area (Å²) in [5.41, 5.74) is 6.61. The van der Waals surface area contributed by atoms with Gasteiger partial charge in [-0.1, -0.05) is 6.92 Å². The van der Waals surface area contributed by atoms with Crippen LogP contribution in [0.2, 0.25) is 0 Å². The monoisotopic (exact) mass is 263 g/mol. The van der Waals surface area contributed by atoms with Crippen molar-refractivity contribution in [3.8, 4) is 23.0 Å². The molecule has 1 heterocycles. The minimum Gasteiger partial charge on any atom is -0.493 e. The number of ether oxygens (including phenoxy) is 2. The number of nitrogens with zero attached hydrogens (tertiary/aromatic N) is 2. The van der Waals surface area contributed by atoms with Crippen molar-refractivity contribution >= 4 is 0 Å². The van der Waals surface area contributed by atoms with E-state index in [-0.39, 0.29) is 6.04 Å². The number of hydrogen-bond donors (Lipinski definition) is 1. The molecular weight excluding hydrogens is 246 g/mol. The van der Waals surface area contributed by atoms with Crippen molar-refractivity contribution in [2.24, 2.45) is 5.73 Å². The number of benzene rings is 1. The molecule has 0 spiro atoms. The van der Waals surface area contributed by atoms with Gasteiger partial charge in [0.2, 0.25) is 11.8 Å². The summed E-state index contributed by atoms with van der Waals surface area (Å²) in [5, 5.41) is 7.94. The third kappa shape index (κ3) is 2.68. The van der Waals surface area contributed by atoms with Gasteiger partial charge < -0.3 is 19.6 Å². The van der Waals surface area contributed by atoms with E-state index in [0.29, 0.717) is 23.3 Å². The van der Waals surface area contributed by atoms with Crippen molar-refractivity contribution in [1.82, 2.24) is 10.2 Å². The first-order valence-corrected chi connectivity index (χ1v) is 6.01. The van der Waals surface area contributed by atoms with Crippen LogP contribution in [0.4, 0.5) is 0 Å². The minimum absolute atomic E-state index is 0.235. The first kappa shape index (κ1) is 13.4. The second-order valence-corrected chi connectivity index (χ2v) is 4.03. The van der Waals surface area contributed by atoms with Crippen LogP contribution in [0.15, 0.2) is 22.6 Å². The number of methoxy groups -OCH3 is 2. The lowest BCUT2D eigenvalue weighted by atomic mass is 10.2. The Hall–Kier alpha value is -2.08. The number of rotatable bonds is 5. The number of nitrogens with two attached hydrogens (primary N) is 1. The first-order valence-electron chi connectivity index (χ1n) is 6.01. The number of hydrogen-bond acceptors (Lipinski definition) is 6. The lowest BCUT2D eigenvalue weighted by Crippen LogP contribution is -2.08. The summed E-state index contributed by atoms with van der Waals surface area (Å²) in [6, 6.07) is 5.17. The van der Waals surface area contributed by atoms with E-state index in [1.54, 1.807) is 26.4 Å². The van der Waals surface area contributed by atoms with E-state index in [2.05, 4.69) is 10.2 Å². The Morgan fingerprint density at radius 3 is 2.58 bits per heavy atom. The van der Waals surface area contributed by atoms with E-state index >= 15 is 0 Å². The van der Waals surface area contributed by atoms with Gasteiger partial charge in [0.1, 0.15) is 0 Å². The molecule has 6 heteroatoms. The van der Waals surface area contributed by atoms with E-state index in [1.165, 1.54) is 0 Å². The molecule has 102 valence electrons. The Morgan fingerprint density at radius 2 is 1.95 bits per heavy atom. The standard InChI is InChI=1S/C13H17N3O3/c1-4-9(14)13-16-15-12(19-13)8-5-6-10(17-2)11(7-8)18-3/h5-7,9H,4,14H2,1-3H3. The second kappa shape index (κ2) is 5.71. The molecule has 19 heavy (non-hydrogen) atoms. The zero-order valence-electron chi connectivity index (χ0n) is 11.2. The molecular formula is C13H17N3O3.